The monoisotopic (exact) mass is 387 g/mol. The van der Waals surface area contributed by atoms with Gasteiger partial charge in [-0.3, -0.25) is 4.79 Å². The number of fused-ring (bicyclic) bond motifs is 1. The lowest BCUT2D eigenvalue weighted by Gasteiger charge is -2.10. The largest absolute Gasteiger partial charge is 0.349 e. The number of rotatable bonds is 5. The number of halogens is 1. The van der Waals surface area contributed by atoms with Crippen molar-refractivity contribution in [3.63, 3.8) is 0 Å². The van der Waals surface area contributed by atoms with Gasteiger partial charge in [0.1, 0.15) is 17.5 Å². The van der Waals surface area contributed by atoms with Crippen LogP contribution < -0.4 is 5.32 Å². The normalized spacial score (nSPS) is 14.8. The summed E-state index contributed by atoms with van der Waals surface area (Å²) in [4.78, 5) is 12.6. The first kappa shape index (κ1) is 18.9. The van der Waals surface area contributed by atoms with Crippen molar-refractivity contribution in [1.82, 2.24) is 9.88 Å². The lowest BCUT2D eigenvalue weighted by atomic mass is 10.1. The second-order valence-electron chi connectivity index (χ2n) is 7.48. The van der Waals surface area contributed by atoms with Gasteiger partial charge in [0.25, 0.3) is 5.91 Å². The first-order valence-corrected chi connectivity index (χ1v) is 9.89. The van der Waals surface area contributed by atoms with Gasteiger partial charge in [-0.2, -0.15) is 5.26 Å². The van der Waals surface area contributed by atoms with Gasteiger partial charge in [0.15, 0.2) is 0 Å². The third-order valence-electron chi connectivity index (χ3n) is 5.44. The summed E-state index contributed by atoms with van der Waals surface area (Å²) in [7, 11) is 0. The highest BCUT2D eigenvalue weighted by Gasteiger charge is 2.19. The fourth-order valence-electron chi connectivity index (χ4n) is 3.94. The van der Waals surface area contributed by atoms with E-state index in [1.165, 1.54) is 12.1 Å². The number of aromatic nitrogens is 1. The van der Waals surface area contributed by atoms with Gasteiger partial charge in [-0.15, -0.1) is 0 Å². The molecule has 0 bridgehead atoms. The molecule has 1 aliphatic carbocycles. The SMILES string of the molecule is N#C/C(=C/c1cn(Cc2ccc(F)cc2)c2ccccc12)C(=O)NC1CCCC1. The predicted molar refractivity (Wildman–Crippen MR) is 111 cm³/mol. The molecule has 4 rings (SSSR count). The van der Waals surface area contributed by atoms with Crippen molar-refractivity contribution in [3.05, 3.63) is 77.2 Å². The van der Waals surface area contributed by atoms with Crippen LogP contribution in [0.5, 0.6) is 0 Å². The van der Waals surface area contributed by atoms with Crippen LogP contribution in [0.4, 0.5) is 4.39 Å². The van der Waals surface area contributed by atoms with Crippen LogP contribution in [0.15, 0.2) is 60.3 Å². The van der Waals surface area contributed by atoms with Gasteiger partial charge in [-0.1, -0.05) is 43.2 Å². The van der Waals surface area contributed by atoms with Crippen molar-refractivity contribution in [1.29, 1.82) is 5.26 Å². The Labute approximate surface area is 169 Å². The molecule has 146 valence electrons. The molecule has 0 radical (unpaired) electrons. The zero-order valence-corrected chi connectivity index (χ0v) is 16.1. The Morgan fingerprint density at radius 1 is 1.17 bits per heavy atom. The van der Waals surface area contributed by atoms with Crippen LogP contribution in [0.1, 0.15) is 36.8 Å². The summed E-state index contributed by atoms with van der Waals surface area (Å²) in [5.74, 6) is -0.573. The average molecular weight is 387 g/mol. The van der Waals surface area contributed by atoms with Gasteiger partial charge < -0.3 is 9.88 Å². The number of benzene rings is 2. The van der Waals surface area contributed by atoms with Crippen LogP contribution in [-0.4, -0.2) is 16.5 Å². The molecular formula is C24H22FN3O. The number of nitrogens with zero attached hydrogens (tertiary/aromatic N) is 2. The topological polar surface area (TPSA) is 57.8 Å². The quantitative estimate of drug-likeness (QED) is 0.505. The molecule has 1 aromatic heterocycles. The molecule has 3 aromatic rings. The van der Waals surface area contributed by atoms with E-state index in [9.17, 15) is 14.4 Å². The Balaban J connectivity index is 1.65. The molecule has 1 amide bonds. The summed E-state index contributed by atoms with van der Waals surface area (Å²) in [5.41, 5.74) is 2.90. The minimum absolute atomic E-state index is 0.113. The molecule has 0 atom stereocenters. The molecule has 5 heteroatoms. The van der Waals surface area contributed by atoms with E-state index < -0.39 is 0 Å². The molecule has 1 fully saturated rings. The molecule has 0 unspecified atom stereocenters. The number of hydrogen-bond acceptors (Lipinski definition) is 2. The Bertz CT molecular complexity index is 1100. The molecule has 0 spiro atoms. The second-order valence-corrected chi connectivity index (χ2v) is 7.48. The predicted octanol–water partition coefficient (Wildman–Crippen LogP) is 4.79. The maximum Gasteiger partial charge on any atom is 0.262 e. The lowest BCUT2D eigenvalue weighted by Crippen LogP contribution is -2.33. The van der Waals surface area contributed by atoms with Gasteiger partial charge in [0, 0.05) is 35.2 Å². The van der Waals surface area contributed by atoms with E-state index in [-0.39, 0.29) is 23.3 Å². The number of carbonyl (C=O) groups is 1. The first-order chi connectivity index (χ1) is 14.1. The van der Waals surface area contributed by atoms with Crippen LogP contribution >= 0.6 is 0 Å². The number of para-hydroxylation sites is 1. The molecule has 4 nitrogen and oxygen atoms in total. The second kappa shape index (κ2) is 8.32. The summed E-state index contributed by atoms with van der Waals surface area (Å²) in [6.07, 6.45) is 7.78. The van der Waals surface area contributed by atoms with Crippen molar-refractivity contribution in [2.24, 2.45) is 0 Å². The van der Waals surface area contributed by atoms with Crippen LogP contribution in [-0.2, 0) is 11.3 Å². The molecule has 1 aliphatic rings. The molecule has 1 heterocycles. The molecule has 1 N–H and O–H groups in total. The van der Waals surface area contributed by atoms with E-state index in [1.807, 2.05) is 30.5 Å². The number of amides is 1. The van der Waals surface area contributed by atoms with Crippen molar-refractivity contribution in [2.75, 3.05) is 0 Å². The highest BCUT2D eigenvalue weighted by Crippen LogP contribution is 2.25. The third kappa shape index (κ3) is 4.22. The van der Waals surface area contributed by atoms with E-state index in [2.05, 4.69) is 16.0 Å². The lowest BCUT2D eigenvalue weighted by molar-refractivity contribution is -0.117. The first-order valence-electron chi connectivity index (χ1n) is 9.89. The van der Waals surface area contributed by atoms with Crippen LogP contribution in [0.2, 0.25) is 0 Å². The Morgan fingerprint density at radius 2 is 1.90 bits per heavy atom. The Morgan fingerprint density at radius 3 is 2.62 bits per heavy atom. The fraction of sp³-hybridized carbons (Fsp3) is 0.250. The summed E-state index contributed by atoms with van der Waals surface area (Å²) in [5, 5.41) is 13.5. The Kier molecular flexibility index (Phi) is 5.44. The molecule has 0 saturated heterocycles. The zero-order chi connectivity index (χ0) is 20.2. The molecule has 2 aromatic carbocycles. The highest BCUT2D eigenvalue weighted by molar-refractivity contribution is 6.04. The van der Waals surface area contributed by atoms with Crippen molar-refractivity contribution < 1.29 is 9.18 Å². The molecule has 29 heavy (non-hydrogen) atoms. The van der Waals surface area contributed by atoms with Crippen molar-refractivity contribution in [3.8, 4) is 6.07 Å². The Hall–Kier alpha value is -3.39. The van der Waals surface area contributed by atoms with Crippen LogP contribution in [0.3, 0.4) is 0 Å². The van der Waals surface area contributed by atoms with E-state index in [1.54, 1.807) is 18.2 Å². The summed E-state index contributed by atoms with van der Waals surface area (Å²) < 4.78 is 15.3. The van der Waals surface area contributed by atoms with Gasteiger partial charge in [-0.25, -0.2) is 4.39 Å². The maximum absolute atomic E-state index is 13.2. The maximum atomic E-state index is 13.2. The summed E-state index contributed by atoms with van der Waals surface area (Å²) in [6, 6.07) is 16.5. The van der Waals surface area contributed by atoms with Gasteiger partial charge in [0.2, 0.25) is 0 Å². The number of nitriles is 1. The number of nitrogens with one attached hydrogen (secondary N) is 1. The molecular weight excluding hydrogens is 365 g/mol. The molecule has 1 saturated carbocycles. The van der Waals surface area contributed by atoms with E-state index in [0.29, 0.717) is 6.54 Å². The van der Waals surface area contributed by atoms with Gasteiger partial charge in [-0.05, 0) is 42.7 Å². The fourth-order valence-corrected chi connectivity index (χ4v) is 3.94. The number of carbonyl (C=O) groups excluding carboxylic acids is 1. The minimum atomic E-state index is -0.310. The highest BCUT2D eigenvalue weighted by atomic mass is 19.1. The summed E-state index contributed by atoms with van der Waals surface area (Å²) >= 11 is 0. The van der Waals surface area contributed by atoms with Crippen LogP contribution in [0, 0.1) is 17.1 Å². The van der Waals surface area contributed by atoms with Crippen molar-refractivity contribution in [2.45, 2.75) is 38.3 Å². The van der Waals surface area contributed by atoms with E-state index >= 15 is 0 Å². The standard InChI is InChI=1S/C24H22FN3O/c25-20-11-9-17(10-12-20)15-28-16-19(22-7-3-4-8-23(22)28)13-18(14-26)24(29)27-21-5-1-2-6-21/h3-4,7-13,16,21H,1-2,5-6,15H2,(H,27,29)/b18-13-. The van der Waals surface area contributed by atoms with Crippen molar-refractivity contribution >= 4 is 22.9 Å². The average Bonchev–Trinajstić information content (AvgIpc) is 3.36. The van der Waals surface area contributed by atoms with E-state index in [0.717, 1.165) is 47.7 Å². The van der Waals surface area contributed by atoms with Gasteiger partial charge in [0.05, 0.1) is 0 Å². The molecule has 0 aliphatic heterocycles. The third-order valence-corrected chi connectivity index (χ3v) is 5.44. The van der Waals surface area contributed by atoms with Crippen LogP contribution in [0.25, 0.3) is 17.0 Å². The summed E-state index contributed by atoms with van der Waals surface area (Å²) in [6.45, 7) is 0.574. The number of hydrogen-bond donors (Lipinski definition) is 1. The van der Waals surface area contributed by atoms with E-state index in [4.69, 9.17) is 0 Å². The smallest absolute Gasteiger partial charge is 0.262 e. The minimum Gasteiger partial charge on any atom is -0.349 e. The zero-order valence-electron chi connectivity index (χ0n) is 16.1. The van der Waals surface area contributed by atoms with Gasteiger partial charge >= 0.3 is 0 Å².